The highest BCUT2D eigenvalue weighted by Crippen LogP contribution is 2.32. The zero-order chi connectivity index (χ0) is 12.4. The average Bonchev–Trinajstić information content (AvgIpc) is 2.63. The van der Waals surface area contributed by atoms with Crippen molar-refractivity contribution in [3.8, 4) is 0 Å². The zero-order valence-electron chi connectivity index (χ0n) is 9.45. The second-order valence-electron chi connectivity index (χ2n) is 3.66. The van der Waals surface area contributed by atoms with E-state index in [1.807, 2.05) is 31.2 Å². The number of nitrogens with zero attached hydrogens (tertiary/aromatic N) is 3. The first-order chi connectivity index (χ1) is 8.08. The van der Waals surface area contributed by atoms with Crippen molar-refractivity contribution in [1.82, 2.24) is 9.55 Å². The molecule has 0 aliphatic rings. The van der Waals surface area contributed by atoms with Crippen LogP contribution in [0.15, 0.2) is 40.5 Å². The minimum Gasteiger partial charge on any atom is -0.358 e. The summed E-state index contributed by atoms with van der Waals surface area (Å²) in [6.45, 7) is 2.00. The van der Waals surface area contributed by atoms with E-state index in [0.717, 1.165) is 10.5 Å². The molecule has 0 saturated heterocycles. The van der Waals surface area contributed by atoms with Gasteiger partial charge in [0.1, 0.15) is 0 Å². The van der Waals surface area contributed by atoms with Gasteiger partial charge in [0.15, 0.2) is 11.4 Å². The van der Waals surface area contributed by atoms with Crippen LogP contribution in [0.25, 0.3) is 0 Å². The van der Waals surface area contributed by atoms with Gasteiger partial charge in [0, 0.05) is 4.90 Å². The van der Waals surface area contributed by atoms with Crippen molar-refractivity contribution < 1.29 is 4.92 Å². The van der Waals surface area contributed by atoms with Gasteiger partial charge in [0.25, 0.3) is 0 Å². The van der Waals surface area contributed by atoms with Crippen LogP contribution >= 0.6 is 11.8 Å². The summed E-state index contributed by atoms with van der Waals surface area (Å²) in [4.78, 5) is 15.4. The minimum absolute atomic E-state index is 0.0237. The van der Waals surface area contributed by atoms with Gasteiger partial charge >= 0.3 is 5.82 Å². The Bertz CT molecular complexity index is 548. The molecule has 0 fully saturated rings. The molecule has 0 N–H and O–H groups in total. The number of rotatable bonds is 3. The summed E-state index contributed by atoms with van der Waals surface area (Å²) in [6, 6.07) is 7.80. The van der Waals surface area contributed by atoms with Crippen LogP contribution in [0.3, 0.4) is 0 Å². The molecule has 0 aliphatic carbocycles. The van der Waals surface area contributed by atoms with Crippen molar-refractivity contribution in [1.29, 1.82) is 0 Å². The second-order valence-corrected chi connectivity index (χ2v) is 4.72. The Morgan fingerprint density at radius 2 is 2.00 bits per heavy atom. The molecule has 0 spiro atoms. The largest absolute Gasteiger partial charge is 0.358 e. The van der Waals surface area contributed by atoms with Crippen LogP contribution in [0.5, 0.6) is 0 Å². The molecule has 5 nitrogen and oxygen atoms in total. The average molecular weight is 249 g/mol. The summed E-state index contributed by atoms with van der Waals surface area (Å²) in [5.41, 5.74) is 1.16. The Morgan fingerprint density at radius 1 is 1.35 bits per heavy atom. The second kappa shape index (κ2) is 4.58. The third-order valence-corrected chi connectivity index (χ3v) is 3.27. The molecule has 0 unspecified atom stereocenters. The molecule has 1 aromatic heterocycles. The molecule has 6 heteroatoms. The molecule has 0 saturated carbocycles. The summed E-state index contributed by atoms with van der Waals surface area (Å²) in [7, 11) is 1.62. The monoisotopic (exact) mass is 249 g/mol. The molecule has 1 heterocycles. The first-order valence-electron chi connectivity index (χ1n) is 4.98. The van der Waals surface area contributed by atoms with Crippen LogP contribution in [0.2, 0.25) is 0 Å². The van der Waals surface area contributed by atoms with Crippen molar-refractivity contribution in [2.24, 2.45) is 7.05 Å². The van der Waals surface area contributed by atoms with Gasteiger partial charge in [-0.15, -0.1) is 0 Å². The number of aromatic nitrogens is 2. The maximum atomic E-state index is 10.9. The molecule has 2 rings (SSSR count). The maximum absolute atomic E-state index is 10.9. The summed E-state index contributed by atoms with van der Waals surface area (Å²) in [5, 5.41) is 11.3. The SMILES string of the molecule is Cc1ccc(Sc2ncn(C)c2[N+](=O)[O-])cc1. The number of hydrogen-bond donors (Lipinski definition) is 0. The lowest BCUT2D eigenvalue weighted by atomic mass is 10.2. The molecule has 0 radical (unpaired) electrons. The van der Waals surface area contributed by atoms with Crippen molar-refractivity contribution in [3.63, 3.8) is 0 Å². The number of aryl methyl sites for hydroxylation is 2. The van der Waals surface area contributed by atoms with Crippen LogP contribution in [0.4, 0.5) is 5.82 Å². The summed E-state index contributed by atoms with van der Waals surface area (Å²) in [5.74, 6) is 0.0237. The van der Waals surface area contributed by atoms with Crippen LogP contribution in [-0.4, -0.2) is 14.5 Å². The molecular formula is C11H11N3O2S. The van der Waals surface area contributed by atoms with Gasteiger partial charge in [-0.05, 0) is 24.0 Å². The first kappa shape index (κ1) is 11.7. The highest BCUT2D eigenvalue weighted by Gasteiger charge is 2.19. The van der Waals surface area contributed by atoms with Crippen LogP contribution in [-0.2, 0) is 7.05 Å². The van der Waals surface area contributed by atoms with Crippen molar-refractivity contribution in [2.75, 3.05) is 0 Å². The Balaban J connectivity index is 2.30. The first-order valence-corrected chi connectivity index (χ1v) is 5.80. The minimum atomic E-state index is -0.413. The smallest absolute Gasteiger partial charge is 0.356 e. The van der Waals surface area contributed by atoms with Crippen LogP contribution in [0.1, 0.15) is 5.56 Å². The van der Waals surface area contributed by atoms with Crippen LogP contribution in [0, 0.1) is 17.0 Å². The van der Waals surface area contributed by atoms with E-state index in [1.54, 1.807) is 7.05 Å². The van der Waals surface area contributed by atoms with Gasteiger partial charge in [-0.2, -0.15) is 0 Å². The predicted octanol–water partition coefficient (Wildman–Crippen LogP) is 2.79. The van der Waals surface area contributed by atoms with Crippen molar-refractivity contribution >= 4 is 17.6 Å². The lowest BCUT2D eigenvalue weighted by Gasteiger charge is -2.00. The highest BCUT2D eigenvalue weighted by atomic mass is 32.2. The standard InChI is InChI=1S/C11H11N3O2S/c1-8-3-5-9(6-4-8)17-10-11(14(15)16)13(2)7-12-10/h3-7H,1-2H3. The van der Waals surface area contributed by atoms with E-state index in [0.29, 0.717) is 5.03 Å². The zero-order valence-corrected chi connectivity index (χ0v) is 10.3. The van der Waals surface area contributed by atoms with E-state index in [2.05, 4.69) is 4.98 Å². The fraction of sp³-hybridized carbons (Fsp3) is 0.182. The Morgan fingerprint density at radius 3 is 2.59 bits per heavy atom. The van der Waals surface area contributed by atoms with E-state index < -0.39 is 4.92 Å². The molecular weight excluding hydrogens is 238 g/mol. The predicted molar refractivity (Wildman–Crippen MR) is 65.2 cm³/mol. The fourth-order valence-corrected chi connectivity index (χ4v) is 2.30. The number of benzene rings is 1. The summed E-state index contributed by atoms with van der Waals surface area (Å²) < 4.78 is 1.41. The molecule has 88 valence electrons. The molecule has 1 aromatic carbocycles. The van der Waals surface area contributed by atoms with Gasteiger partial charge in [-0.1, -0.05) is 29.5 Å². The molecule has 2 aromatic rings. The van der Waals surface area contributed by atoms with E-state index in [-0.39, 0.29) is 5.82 Å². The van der Waals surface area contributed by atoms with E-state index in [4.69, 9.17) is 0 Å². The Hall–Kier alpha value is -1.82. The number of imidazole rings is 1. The van der Waals surface area contributed by atoms with Gasteiger partial charge in [-0.3, -0.25) is 0 Å². The van der Waals surface area contributed by atoms with Crippen molar-refractivity contribution in [3.05, 3.63) is 46.3 Å². The quantitative estimate of drug-likeness (QED) is 0.620. The summed E-state index contributed by atoms with van der Waals surface area (Å²) in [6.07, 6.45) is 1.45. The van der Waals surface area contributed by atoms with E-state index in [9.17, 15) is 10.1 Å². The third kappa shape index (κ3) is 2.47. The maximum Gasteiger partial charge on any atom is 0.356 e. The Labute approximate surface area is 103 Å². The molecule has 0 aliphatic heterocycles. The Kier molecular flexibility index (Phi) is 3.14. The topological polar surface area (TPSA) is 61.0 Å². The molecule has 0 amide bonds. The van der Waals surface area contributed by atoms with Gasteiger partial charge in [0.2, 0.25) is 0 Å². The highest BCUT2D eigenvalue weighted by molar-refractivity contribution is 7.99. The third-order valence-electron chi connectivity index (χ3n) is 2.28. The normalized spacial score (nSPS) is 10.5. The van der Waals surface area contributed by atoms with Crippen molar-refractivity contribution in [2.45, 2.75) is 16.8 Å². The lowest BCUT2D eigenvalue weighted by molar-refractivity contribution is -0.394. The molecule has 0 bridgehead atoms. The van der Waals surface area contributed by atoms with Gasteiger partial charge in [-0.25, -0.2) is 9.55 Å². The van der Waals surface area contributed by atoms with E-state index in [1.165, 1.54) is 22.7 Å². The fourth-order valence-electron chi connectivity index (χ4n) is 1.40. The van der Waals surface area contributed by atoms with Gasteiger partial charge in [0.05, 0.1) is 7.05 Å². The summed E-state index contributed by atoms with van der Waals surface area (Å²) >= 11 is 1.30. The van der Waals surface area contributed by atoms with Crippen LogP contribution < -0.4 is 0 Å². The van der Waals surface area contributed by atoms with Gasteiger partial charge < -0.3 is 10.1 Å². The molecule has 17 heavy (non-hydrogen) atoms. The lowest BCUT2D eigenvalue weighted by Crippen LogP contribution is -1.96. The number of hydrogen-bond acceptors (Lipinski definition) is 4. The van der Waals surface area contributed by atoms with E-state index >= 15 is 0 Å². The number of nitro groups is 1. The molecule has 0 atom stereocenters.